The number of nitrogens with two attached hydrogens (primary N) is 1. The van der Waals surface area contributed by atoms with Gasteiger partial charge in [-0.25, -0.2) is 0 Å². The number of ether oxygens (including phenoxy) is 2. The van der Waals surface area contributed by atoms with Crippen LogP contribution in [0.1, 0.15) is 5.56 Å². The van der Waals surface area contributed by atoms with Crippen molar-refractivity contribution in [3.63, 3.8) is 0 Å². The van der Waals surface area contributed by atoms with Crippen LogP contribution in [0.3, 0.4) is 0 Å². The first-order valence-corrected chi connectivity index (χ1v) is 6.95. The molecule has 5 nitrogen and oxygen atoms in total. The minimum absolute atomic E-state index is 0.333. The molecule has 0 unspecified atom stereocenters. The minimum atomic E-state index is 0.333. The monoisotopic (exact) mass is 387 g/mol. The van der Waals surface area contributed by atoms with Crippen molar-refractivity contribution in [3.05, 3.63) is 38.9 Å². The van der Waals surface area contributed by atoms with Gasteiger partial charge in [-0.2, -0.15) is 5.10 Å². The number of rotatable bonds is 4. The van der Waals surface area contributed by atoms with Gasteiger partial charge < -0.3 is 15.2 Å². The van der Waals surface area contributed by atoms with Gasteiger partial charge in [0.25, 0.3) is 0 Å². The first-order chi connectivity index (χ1) is 9.15. The lowest BCUT2D eigenvalue weighted by Gasteiger charge is -2.11. The van der Waals surface area contributed by atoms with Crippen LogP contribution >= 0.6 is 31.9 Å². The Balaban J connectivity index is 2.36. The van der Waals surface area contributed by atoms with Gasteiger partial charge in [0, 0.05) is 12.1 Å². The summed E-state index contributed by atoms with van der Waals surface area (Å²) in [6, 6.07) is 5.37. The molecular formula is C12H11Br2N3O2. The first kappa shape index (κ1) is 14.2. The molecule has 2 N–H and O–H groups in total. The summed E-state index contributed by atoms with van der Waals surface area (Å²) in [5.41, 5.74) is 6.42. The number of nitrogens with zero attached hydrogens (tertiary/aromatic N) is 2. The standard InChI is InChI=1S/C12H11Br2N3O2/c1-18-10-4-9(14)11(5-8(10)13)19-12-7(6-15)2-3-16-17-12/h2-5H,6,15H2,1H3. The minimum Gasteiger partial charge on any atom is -0.496 e. The molecule has 2 rings (SSSR count). The molecule has 0 atom stereocenters. The lowest BCUT2D eigenvalue weighted by molar-refractivity contribution is 0.407. The Morgan fingerprint density at radius 3 is 2.58 bits per heavy atom. The molecule has 0 aliphatic heterocycles. The van der Waals surface area contributed by atoms with E-state index >= 15 is 0 Å². The van der Waals surface area contributed by atoms with E-state index in [0.29, 0.717) is 23.9 Å². The van der Waals surface area contributed by atoms with Crippen molar-refractivity contribution >= 4 is 31.9 Å². The highest BCUT2D eigenvalue weighted by molar-refractivity contribution is 9.11. The van der Waals surface area contributed by atoms with E-state index in [1.54, 1.807) is 31.5 Å². The Morgan fingerprint density at radius 1 is 1.21 bits per heavy atom. The van der Waals surface area contributed by atoms with Crippen molar-refractivity contribution in [1.82, 2.24) is 10.2 Å². The lowest BCUT2D eigenvalue weighted by atomic mass is 10.3. The highest BCUT2D eigenvalue weighted by Gasteiger charge is 2.12. The molecule has 100 valence electrons. The molecule has 0 fully saturated rings. The molecule has 0 amide bonds. The average Bonchev–Trinajstić information content (AvgIpc) is 2.43. The highest BCUT2D eigenvalue weighted by atomic mass is 79.9. The largest absolute Gasteiger partial charge is 0.496 e. The molecule has 7 heteroatoms. The van der Waals surface area contributed by atoms with E-state index in [4.69, 9.17) is 15.2 Å². The topological polar surface area (TPSA) is 70.3 Å². The molecule has 1 aromatic heterocycles. The van der Waals surface area contributed by atoms with Crippen molar-refractivity contribution in [2.75, 3.05) is 7.11 Å². The van der Waals surface area contributed by atoms with Crippen LogP contribution in [-0.4, -0.2) is 17.3 Å². The number of hydrogen-bond donors (Lipinski definition) is 1. The zero-order valence-electron chi connectivity index (χ0n) is 10.1. The normalized spacial score (nSPS) is 10.3. The predicted octanol–water partition coefficient (Wildman–Crippen LogP) is 3.26. The van der Waals surface area contributed by atoms with E-state index in [1.807, 2.05) is 0 Å². The third-order valence-electron chi connectivity index (χ3n) is 2.40. The van der Waals surface area contributed by atoms with Crippen LogP contribution in [0.4, 0.5) is 0 Å². The van der Waals surface area contributed by atoms with Gasteiger partial charge >= 0.3 is 0 Å². The Labute approximate surface area is 127 Å². The van der Waals surface area contributed by atoms with Crippen LogP contribution in [0, 0.1) is 0 Å². The molecule has 0 aliphatic rings. The zero-order chi connectivity index (χ0) is 13.8. The summed E-state index contributed by atoms with van der Waals surface area (Å²) in [7, 11) is 1.60. The molecule has 0 spiro atoms. The van der Waals surface area contributed by atoms with Crippen molar-refractivity contribution in [2.45, 2.75) is 6.54 Å². The maximum Gasteiger partial charge on any atom is 0.243 e. The molecule has 0 radical (unpaired) electrons. The molecule has 2 aromatic rings. The fourth-order valence-corrected chi connectivity index (χ4v) is 2.32. The van der Waals surface area contributed by atoms with Gasteiger partial charge in [-0.15, -0.1) is 5.10 Å². The summed E-state index contributed by atoms with van der Waals surface area (Å²) in [6.07, 6.45) is 1.58. The van der Waals surface area contributed by atoms with Crippen molar-refractivity contribution in [3.8, 4) is 17.4 Å². The molecule has 0 saturated carbocycles. The van der Waals surface area contributed by atoms with Gasteiger partial charge in [-0.3, -0.25) is 0 Å². The quantitative estimate of drug-likeness (QED) is 0.870. The van der Waals surface area contributed by atoms with Gasteiger partial charge in [0.15, 0.2) is 0 Å². The Kier molecular flexibility index (Phi) is 4.73. The van der Waals surface area contributed by atoms with E-state index in [0.717, 1.165) is 14.5 Å². The third-order valence-corrected chi connectivity index (χ3v) is 3.64. The van der Waals surface area contributed by atoms with Crippen LogP contribution in [0.2, 0.25) is 0 Å². The number of hydrogen-bond acceptors (Lipinski definition) is 5. The Bertz CT molecular complexity index is 593. The molecule has 0 bridgehead atoms. The number of benzene rings is 1. The molecule has 0 saturated heterocycles. The fraction of sp³-hybridized carbons (Fsp3) is 0.167. The van der Waals surface area contributed by atoms with Crippen molar-refractivity contribution in [2.24, 2.45) is 5.73 Å². The lowest BCUT2D eigenvalue weighted by Crippen LogP contribution is -2.02. The number of halogens is 2. The van der Waals surface area contributed by atoms with Gasteiger partial charge in [0.05, 0.1) is 22.3 Å². The Hall–Kier alpha value is -1.18. The van der Waals surface area contributed by atoms with Crippen molar-refractivity contribution < 1.29 is 9.47 Å². The second-order valence-corrected chi connectivity index (χ2v) is 5.29. The maximum absolute atomic E-state index is 5.73. The van der Waals surface area contributed by atoms with Gasteiger partial charge in [-0.1, -0.05) is 0 Å². The third kappa shape index (κ3) is 3.23. The van der Waals surface area contributed by atoms with Crippen LogP contribution in [-0.2, 0) is 6.54 Å². The van der Waals surface area contributed by atoms with Crippen LogP contribution in [0.25, 0.3) is 0 Å². The smallest absolute Gasteiger partial charge is 0.243 e. The second-order valence-electron chi connectivity index (χ2n) is 3.58. The summed E-state index contributed by atoms with van der Waals surface area (Å²) >= 11 is 6.82. The molecule has 1 aromatic carbocycles. The van der Waals surface area contributed by atoms with Crippen LogP contribution < -0.4 is 15.2 Å². The number of aromatic nitrogens is 2. The molecule has 1 heterocycles. The molecular weight excluding hydrogens is 378 g/mol. The van der Waals surface area contributed by atoms with Crippen LogP contribution in [0.5, 0.6) is 17.4 Å². The molecule has 19 heavy (non-hydrogen) atoms. The highest BCUT2D eigenvalue weighted by Crippen LogP contribution is 2.38. The Morgan fingerprint density at radius 2 is 1.89 bits per heavy atom. The van der Waals surface area contributed by atoms with E-state index < -0.39 is 0 Å². The predicted molar refractivity (Wildman–Crippen MR) is 78.4 cm³/mol. The van der Waals surface area contributed by atoms with Gasteiger partial charge in [0.1, 0.15) is 11.5 Å². The average molecular weight is 389 g/mol. The van der Waals surface area contributed by atoms with Gasteiger partial charge in [0.2, 0.25) is 5.88 Å². The SMILES string of the molecule is COc1cc(Br)c(Oc2nnccc2CN)cc1Br. The summed E-state index contributed by atoms with van der Waals surface area (Å²) in [4.78, 5) is 0. The number of methoxy groups -OCH3 is 1. The fourth-order valence-electron chi connectivity index (χ4n) is 1.44. The maximum atomic E-state index is 5.73. The second kappa shape index (κ2) is 6.31. The zero-order valence-corrected chi connectivity index (χ0v) is 13.2. The first-order valence-electron chi connectivity index (χ1n) is 5.37. The summed E-state index contributed by atoms with van der Waals surface area (Å²) in [5.74, 6) is 1.70. The molecule has 0 aliphatic carbocycles. The van der Waals surface area contributed by atoms with Crippen molar-refractivity contribution in [1.29, 1.82) is 0 Å². The van der Waals surface area contributed by atoms with Crippen LogP contribution in [0.15, 0.2) is 33.3 Å². The summed E-state index contributed by atoms with van der Waals surface area (Å²) in [5, 5.41) is 7.73. The summed E-state index contributed by atoms with van der Waals surface area (Å²) < 4.78 is 12.5. The van der Waals surface area contributed by atoms with E-state index in [1.165, 1.54) is 0 Å². The van der Waals surface area contributed by atoms with E-state index in [-0.39, 0.29) is 0 Å². The summed E-state index contributed by atoms with van der Waals surface area (Å²) in [6.45, 7) is 0.333. The van der Waals surface area contributed by atoms with E-state index in [9.17, 15) is 0 Å². The van der Waals surface area contributed by atoms with Gasteiger partial charge in [-0.05, 0) is 50.1 Å². The van der Waals surface area contributed by atoms with E-state index in [2.05, 4.69) is 42.1 Å².